The molecular formula is C42H58N10O17. The van der Waals surface area contributed by atoms with Crippen LogP contribution in [0, 0.1) is 11.8 Å². The first kappa shape index (κ1) is 55.6. The second-order valence-electron chi connectivity index (χ2n) is 16.8. The van der Waals surface area contributed by atoms with E-state index in [4.69, 9.17) is 15.7 Å². The Bertz CT molecular complexity index is 1980. The van der Waals surface area contributed by atoms with E-state index >= 15 is 0 Å². The lowest BCUT2D eigenvalue weighted by atomic mass is 9.89. The number of rotatable bonds is 27. The van der Waals surface area contributed by atoms with E-state index in [-0.39, 0.29) is 99.6 Å². The number of likely N-dealkylation sites (tertiary alicyclic amines) is 2. The van der Waals surface area contributed by atoms with Gasteiger partial charge in [-0.15, -0.1) is 0 Å². The molecule has 2 aliphatic heterocycles. The number of carbonyl (C=O) groups is 11. The molecule has 27 nitrogen and oxygen atoms in total. The second-order valence-corrected chi connectivity index (χ2v) is 16.8. The monoisotopic (exact) mass is 974 g/mol. The molecule has 0 saturated carbocycles. The highest BCUT2D eigenvalue weighted by Gasteiger charge is 2.33. The maximum Gasteiger partial charge on any atom is 0.326 e. The van der Waals surface area contributed by atoms with Crippen LogP contribution in [-0.2, 0) is 38.4 Å². The summed E-state index contributed by atoms with van der Waals surface area (Å²) in [5, 5.41) is 70.8. The molecule has 3 rings (SSSR count). The Morgan fingerprint density at radius 3 is 1.23 bits per heavy atom. The fraction of sp³-hybridized carbons (Fsp3) is 0.595. The van der Waals surface area contributed by atoms with Gasteiger partial charge in [0.05, 0.1) is 0 Å². The molecule has 7 amide bonds. The highest BCUT2D eigenvalue weighted by atomic mass is 16.4. The summed E-state index contributed by atoms with van der Waals surface area (Å²) in [6.45, 7) is 0.990. The molecule has 2 saturated heterocycles. The van der Waals surface area contributed by atoms with E-state index in [1.54, 1.807) is 9.80 Å². The number of piperidine rings is 2. The summed E-state index contributed by atoms with van der Waals surface area (Å²) in [5.41, 5.74) is 9.21. The zero-order valence-electron chi connectivity index (χ0n) is 37.5. The smallest absolute Gasteiger partial charge is 0.326 e. The Labute approximate surface area is 394 Å². The molecule has 27 heteroatoms. The number of hydrogen-bond donors (Lipinski definition) is 11. The average molecular weight is 975 g/mol. The van der Waals surface area contributed by atoms with Crippen LogP contribution in [0.2, 0.25) is 0 Å². The van der Waals surface area contributed by atoms with E-state index < -0.39 is 110 Å². The number of nitrogens with zero attached hydrogens (tertiary/aromatic N) is 5. The number of amides is 7. The first-order valence-electron chi connectivity index (χ1n) is 22.2. The highest BCUT2D eigenvalue weighted by molar-refractivity contribution is 5.95. The van der Waals surface area contributed by atoms with Gasteiger partial charge in [-0.1, -0.05) is 17.2 Å². The molecule has 2 heterocycles. The van der Waals surface area contributed by atoms with Gasteiger partial charge < -0.3 is 67.0 Å². The molecule has 0 unspecified atom stereocenters. The summed E-state index contributed by atoms with van der Waals surface area (Å²) in [4.78, 5) is 140. The fourth-order valence-electron chi connectivity index (χ4n) is 7.91. The second kappa shape index (κ2) is 27.8. The van der Waals surface area contributed by atoms with Crippen molar-refractivity contribution >= 4 is 71.3 Å². The number of carboxylic acid groups (broad SMARTS) is 6. The molecule has 1 aromatic carbocycles. The van der Waals surface area contributed by atoms with Crippen molar-refractivity contribution in [1.29, 1.82) is 0 Å². The van der Waals surface area contributed by atoms with Crippen LogP contribution in [0.15, 0.2) is 29.4 Å². The SMILES string of the molecule is [N-]=[N+]=Nc1ccc(C(=O)NC(CCC(=O)N2CCC(C[C@H](NC(=O)N[C@@H](CCC(=O)O)C(=O)O)C(=O)O)CC2)CCC(=O)N2CCC(C[C@H](NC(=O)N[C@@H](CCC(=O)O)C(=O)O)C(=O)O)CC2)cc1. The summed E-state index contributed by atoms with van der Waals surface area (Å²) in [6, 6.07) is -3.04. The van der Waals surface area contributed by atoms with E-state index in [2.05, 4.69) is 36.6 Å². The zero-order valence-corrected chi connectivity index (χ0v) is 37.5. The Morgan fingerprint density at radius 2 is 0.899 bits per heavy atom. The lowest BCUT2D eigenvalue weighted by Gasteiger charge is -2.34. The minimum absolute atomic E-state index is 0.0323. The number of benzene rings is 1. The normalized spacial score (nSPS) is 15.8. The largest absolute Gasteiger partial charge is 0.481 e. The van der Waals surface area contributed by atoms with Gasteiger partial charge in [-0.25, -0.2) is 28.8 Å². The lowest BCUT2D eigenvalue weighted by molar-refractivity contribution is -0.142. The van der Waals surface area contributed by atoms with Crippen molar-refractivity contribution in [3.8, 4) is 0 Å². The van der Waals surface area contributed by atoms with Gasteiger partial charge in [-0.2, -0.15) is 0 Å². The molecule has 0 bridgehead atoms. The van der Waals surface area contributed by atoms with Crippen molar-refractivity contribution in [1.82, 2.24) is 36.4 Å². The van der Waals surface area contributed by atoms with Gasteiger partial charge in [-0.05, 0) is 93.7 Å². The number of carbonyl (C=O) groups excluding carboxylic acids is 5. The van der Waals surface area contributed by atoms with Crippen LogP contribution in [0.5, 0.6) is 0 Å². The van der Waals surface area contributed by atoms with Crippen molar-refractivity contribution in [2.24, 2.45) is 17.0 Å². The van der Waals surface area contributed by atoms with Gasteiger partial charge >= 0.3 is 47.9 Å². The van der Waals surface area contributed by atoms with Gasteiger partial charge in [0.2, 0.25) is 11.8 Å². The van der Waals surface area contributed by atoms with Crippen molar-refractivity contribution in [2.45, 2.75) is 120 Å². The first-order valence-corrected chi connectivity index (χ1v) is 22.2. The summed E-state index contributed by atoms with van der Waals surface area (Å²) in [5.74, 6) is -9.83. The van der Waals surface area contributed by atoms with Crippen LogP contribution in [0.25, 0.3) is 10.4 Å². The summed E-state index contributed by atoms with van der Waals surface area (Å²) < 4.78 is 0. The predicted octanol–water partition coefficient (Wildman–Crippen LogP) is 1.69. The number of nitrogens with one attached hydrogen (secondary N) is 5. The fourth-order valence-corrected chi connectivity index (χ4v) is 7.91. The summed E-state index contributed by atoms with van der Waals surface area (Å²) >= 11 is 0. The molecule has 2 aliphatic rings. The van der Waals surface area contributed by atoms with Crippen molar-refractivity contribution in [3.05, 3.63) is 40.3 Å². The Morgan fingerprint density at radius 1 is 0.536 bits per heavy atom. The van der Waals surface area contributed by atoms with Crippen LogP contribution in [0.3, 0.4) is 0 Å². The molecule has 4 atom stereocenters. The van der Waals surface area contributed by atoms with Gasteiger partial charge in [0, 0.05) is 74.1 Å². The summed E-state index contributed by atoms with van der Waals surface area (Å²) in [7, 11) is 0. The van der Waals surface area contributed by atoms with E-state index in [0.29, 0.717) is 25.7 Å². The predicted molar refractivity (Wildman–Crippen MR) is 236 cm³/mol. The van der Waals surface area contributed by atoms with Crippen LogP contribution in [0.4, 0.5) is 15.3 Å². The number of azide groups is 1. The Hall–Kier alpha value is -7.70. The molecule has 2 fully saturated rings. The number of carboxylic acids is 6. The maximum absolute atomic E-state index is 13.5. The minimum atomic E-state index is -1.56. The van der Waals surface area contributed by atoms with Gasteiger partial charge in [0.1, 0.15) is 24.2 Å². The maximum atomic E-state index is 13.5. The molecule has 0 aromatic heterocycles. The standard InChI is InChI=1S/C42H58N10O17/c43-50-49-27-3-1-25(2-4-27)36(59)44-26(5-9-32(53)51-17-13-23(14-18-51)21-30(39(64)65)47-41(68)45-28(37(60)61)7-11-34(55)56)6-10-33(54)52-19-15-24(16-20-52)22-31(40(66)67)48-42(69)46-29(38(62)63)8-12-35(57)58/h1-4,23-24,26,28-31H,5-22H2,(H,44,59)(H,55,56)(H,57,58)(H,60,61)(H,62,63)(H,64,65)(H,66,67)(H2,45,47,68)(H2,46,48,69)/t28-,29-,30-,31-/m0/s1. The van der Waals surface area contributed by atoms with Crippen LogP contribution in [-0.4, -0.2) is 162 Å². The molecule has 378 valence electrons. The van der Waals surface area contributed by atoms with E-state index in [0.717, 1.165) is 0 Å². The first-order chi connectivity index (χ1) is 32.6. The highest BCUT2D eigenvalue weighted by Crippen LogP contribution is 2.25. The van der Waals surface area contributed by atoms with Crippen LogP contribution in [0.1, 0.15) is 100 Å². The van der Waals surface area contributed by atoms with E-state index in [9.17, 15) is 73.2 Å². The molecule has 11 N–H and O–H groups in total. The van der Waals surface area contributed by atoms with Crippen LogP contribution < -0.4 is 26.6 Å². The third-order valence-electron chi connectivity index (χ3n) is 11.8. The zero-order chi connectivity index (χ0) is 51.2. The molecule has 1 aromatic rings. The van der Waals surface area contributed by atoms with Gasteiger partial charge in [-0.3, -0.25) is 24.0 Å². The summed E-state index contributed by atoms with van der Waals surface area (Å²) in [6.07, 6.45) is -0.308. The Balaban J connectivity index is 1.56. The average Bonchev–Trinajstić information content (AvgIpc) is 3.29. The Kier molecular flexibility index (Phi) is 22.4. The van der Waals surface area contributed by atoms with Crippen LogP contribution >= 0.6 is 0 Å². The molecule has 0 aliphatic carbocycles. The van der Waals surface area contributed by atoms with E-state index in [1.165, 1.54) is 24.3 Å². The topological polar surface area (TPSA) is 425 Å². The number of aliphatic carboxylic acids is 6. The molecule has 0 spiro atoms. The van der Waals surface area contributed by atoms with Gasteiger partial charge in [0.15, 0.2) is 0 Å². The quantitative estimate of drug-likeness (QED) is 0.0339. The molecular weight excluding hydrogens is 917 g/mol. The van der Waals surface area contributed by atoms with Crippen molar-refractivity contribution in [2.75, 3.05) is 26.2 Å². The van der Waals surface area contributed by atoms with Crippen molar-refractivity contribution in [3.63, 3.8) is 0 Å². The third kappa shape index (κ3) is 20.0. The number of urea groups is 2. The molecule has 69 heavy (non-hydrogen) atoms. The van der Waals surface area contributed by atoms with E-state index in [1.807, 2.05) is 0 Å². The third-order valence-corrected chi connectivity index (χ3v) is 11.8. The van der Waals surface area contributed by atoms with Gasteiger partial charge in [0.25, 0.3) is 5.91 Å². The van der Waals surface area contributed by atoms with Crippen molar-refractivity contribution < 1.29 is 83.4 Å². The lowest BCUT2D eigenvalue weighted by Crippen LogP contribution is -2.52. The minimum Gasteiger partial charge on any atom is -0.481 e. The number of hydrogen-bond acceptors (Lipinski definition) is 12. The molecule has 0 radical (unpaired) electrons.